The Morgan fingerprint density at radius 1 is 1.08 bits per heavy atom. The molecule has 2 N–H and O–H groups in total. The Labute approximate surface area is 283 Å². The van der Waals surface area contributed by atoms with Gasteiger partial charge in [-0.1, -0.05) is 19.9 Å². The first kappa shape index (κ1) is 32.3. The van der Waals surface area contributed by atoms with E-state index in [4.69, 9.17) is 24.2 Å². The molecule has 4 heterocycles. The summed E-state index contributed by atoms with van der Waals surface area (Å²) in [6, 6.07) is 12.4. The molecular formula is C35H39N7O7. The number of benzene rings is 2. The average molecular weight is 670 g/mol. The fourth-order valence-electron chi connectivity index (χ4n) is 6.74. The van der Waals surface area contributed by atoms with E-state index >= 15 is 0 Å². The Balaban J connectivity index is 1.30. The third-order valence-electron chi connectivity index (χ3n) is 9.16. The second-order valence-corrected chi connectivity index (χ2v) is 13.9. The monoisotopic (exact) mass is 669 g/mol. The summed E-state index contributed by atoms with van der Waals surface area (Å²) >= 11 is 0. The van der Waals surface area contributed by atoms with Crippen LogP contribution < -0.4 is 19.9 Å². The minimum absolute atomic E-state index is 0.0615. The molecule has 2 fully saturated rings. The van der Waals surface area contributed by atoms with Crippen molar-refractivity contribution in [3.8, 4) is 5.75 Å². The molecule has 1 saturated carbocycles. The molecule has 49 heavy (non-hydrogen) atoms. The van der Waals surface area contributed by atoms with Crippen LogP contribution in [0, 0.1) is 0 Å². The molecule has 14 heteroatoms. The Bertz CT molecular complexity index is 2000. The number of rotatable bonds is 6. The molecule has 2 atom stereocenters. The number of carbonyl (C=O) groups is 3. The number of aromatic nitrogens is 4. The normalized spacial score (nSPS) is 20.2. The van der Waals surface area contributed by atoms with Gasteiger partial charge in [0.15, 0.2) is 5.82 Å². The number of hydrogen-bond donors (Lipinski definition) is 2. The van der Waals surface area contributed by atoms with Crippen LogP contribution in [0.5, 0.6) is 5.75 Å². The largest absolute Gasteiger partial charge is 0.497 e. The summed E-state index contributed by atoms with van der Waals surface area (Å²) in [5.41, 5.74) is 0.304. The van der Waals surface area contributed by atoms with Gasteiger partial charge in [0.05, 0.1) is 36.9 Å². The summed E-state index contributed by atoms with van der Waals surface area (Å²) in [7, 11) is 1.52. The first-order valence-electron chi connectivity index (χ1n) is 16.3. The number of nitrogens with one attached hydrogen (secondary N) is 1. The van der Waals surface area contributed by atoms with Gasteiger partial charge in [-0.15, -0.1) is 5.10 Å². The maximum Gasteiger partial charge on any atom is 0.435 e. The van der Waals surface area contributed by atoms with E-state index in [1.807, 2.05) is 38.1 Å². The van der Waals surface area contributed by atoms with Crippen LogP contribution in [-0.2, 0) is 19.7 Å². The van der Waals surface area contributed by atoms with Gasteiger partial charge in [0.1, 0.15) is 28.8 Å². The predicted molar refractivity (Wildman–Crippen MR) is 181 cm³/mol. The van der Waals surface area contributed by atoms with Crippen molar-refractivity contribution in [2.45, 2.75) is 63.9 Å². The third-order valence-corrected chi connectivity index (χ3v) is 9.16. The average Bonchev–Trinajstić information content (AvgIpc) is 3.65. The minimum Gasteiger partial charge on any atom is -0.497 e. The Morgan fingerprint density at radius 3 is 2.51 bits per heavy atom. The van der Waals surface area contributed by atoms with Gasteiger partial charge in [-0.3, -0.25) is 4.79 Å². The molecule has 0 unspecified atom stereocenters. The third kappa shape index (κ3) is 5.59. The molecule has 1 saturated heterocycles. The lowest BCUT2D eigenvalue weighted by Crippen LogP contribution is -2.37. The number of anilines is 4. The Hall–Kier alpha value is -5.24. The van der Waals surface area contributed by atoms with E-state index in [2.05, 4.69) is 15.3 Å². The molecule has 0 bridgehead atoms. The molecule has 2 aliphatic heterocycles. The highest BCUT2D eigenvalue weighted by Crippen LogP contribution is 2.67. The molecule has 2 aromatic heterocycles. The fraction of sp³-hybridized carbons (Fsp3) is 0.429. The number of nitrogens with zero attached hydrogens (tertiary/aromatic N) is 6. The highest BCUT2D eigenvalue weighted by Gasteiger charge is 2.68. The van der Waals surface area contributed by atoms with E-state index in [0.29, 0.717) is 78.1 Å². The zero-order chi connectivity index (χ0) is 34.8. The van der Waals surface area contributed by atoms with E-state index in [0.717, 1.165) is 16.3 Å². The standard InChI is InChI=1S/C35H39N7O7/c1-19(2)29-36-27(17-28(38-29)40-11-13-48-14-12-40)37-30-22-9-7-20(15-26(22)42(39-30)33(46)49-34(3,4)5)24-18-35(24)23-16-21(47-6)8-10-25(23)41(31(35)43)32(44)45/h7-10,15-17,19,24H,11-14,18H2,1-6H3,(H,44,45)(H,36,37,38,39)/t24-,35-/m0/s1. The highest BCUT2D eigenvalue weighted by atomic mass is 16.6. The zero-order valence-corrected chi connectivity index (χ0v) is 28.3. The molecule has 4 aromatic rings. The van der Waals surface area contributed by atoms with Gasteiger partial charge in [-0.25, -0.2) is 24.5 Å². The Kier molecular flexibility index (Phi) is 7.73. The van der Waals surface area contributed by atoms with Crippen molar-refractivity contribution < 1.29 is 33.7 Å². The van der Waals surface area contributed by atoms with Crippen molar-refractivity contribution in [1.29, 1.82) is 0 Å². The first-order valence-corrected chi connectivity index (χ1v) is 16.3. The van der Waals surface area contributed by atoms with E-state index < -0.39 is 29.1 Å². The first-order chi connectivity index (χ1) is 23.3. The number of carbonyl (C=O) groups excluding carboxylic acids is 2. The van der Waals surface area contributed by atoms with Gasteiger partial charge < -0.3 is 29.5 Å². The minimum atomic E-state index is -1.34. The molecule has 2 aromatic carbocycles. The number of hydrogen-bond acceptors (Lipinski definition) is 11. The smallest absolute Gasteiger partial charge is 0.435 e. The number of morpholine rings is 1. The summed E-state index contributed by atoms with van der Waals surface area (Å²) < 4.78 is 17.9. The van der Waals surface area contributed by atoms with Crippen LogP contribution in [0.1, 0.15) is 69.8 Å². The lowest BCUT2D eigenvalue weighted by atomic mass is 9.91. The van der Waals surface area contributed by atoms with Crippen molar-refractivity contribution in [2.24, 2.45) is 0 Å². The van der Waals surface area contributed by atoms with E-state index in [-0.39, 0.29) is 11.8 Å². The number of carboxylic acid groups (broad SMARTS) is 1. The van der Waals surface area contributed by atoms with Gasteiger partial charge in [0.2, 0.25) is 5.91 Å². The predicted octanol–water partition coefficient (Wildman–Crippen LogP) is 5.77. The van der Waals surface area contributed by atoms with Crippen LogP contribution in [-0.4, -0.2) is 82.0 Å². The van der Waals surface area contributed by atoms with Crippen molar-refractivity contribution in [3.63, 3.8) is 0 Å². The number of methoxy groups -OCH3 is 1. The highest BCUT2D eigenvalue weighted by molar-refractivity contribution is 6.22. The topological polar surface area (TPSA) is 161 Å². The lowest BCUT2D eigenvalue weighted by Gasteiger charge is -2.28. The summed E-state index contributed by atoms with van der Waals surface area (Å²) in [6.07, 6.45) is -1.61. The van der Waals surface area contributed by atoms with E-state index in [1.165, 1.54) is 11.8 Å². The van der Waals surface area contributed by atoms with Gasteiger partial charge >= 0.3 is 12.2 Å². The lowest BCUT2D eigenvalue weighted by molar-refractivity contribution is -0.119. The summed E-state index contributed by atoms with van der Waals surface area (Å²) in [5.74, 6) is 2.10. The fourth-order valence-corrected chi connectivity index (χ4v) is 6.74. The quantitative estimate of drug-likeness (QED) is 0.255. The second-order valence-electron chi connectivity index (χ2n) is 13.9. The van der Waals surface area contributed by atoms with Crippen molar-refractivity contribution in [3.05, 3.63) is 59.4 Å². The summed E-state index contributed by atoms with van der Waals surface area (Å²) in [5, 5.41) is 18.6. The van der Waals surface area contributed by atoms with Crippen molar-refractivity contribution in [1.82, 2.24) is 19.7 Å². The molecule has 0 radical (unpaired) electrons. The molecule has 1 spiro atoms. The molecular weight excluding hydrogens is 630 g/mol. The van der Waals surface area contributed by atoms with Crippen LogP contribution in [0.15, 0.2) is 42.5 Å². The molecule has 14 nitrogen and oxygen atoms in total. The van der Waals surface area contributed by atoms with Gasteiger partial charge in [0, 0.05) is 36.4 Å². The zero-order valence-electron chi connectivity index (χ0n) is 28.3. The number of imide groups is 1. The second kappa shape index (κ2) is 11.7. The molecule has 7 rings (SSSR count). The van der Waals surface area contributed by atoms with Crippen molar-refractivity contribution >= 4 is 52.1 Å². The molecule has 256 valence electrons. The van der Waals surface area contributed by atoms with Crippen LogP contribution in [0.3, 0.4) is 0 Å². The molecule has 2 amide bonds. The van der Waals surface area contributed by atoms with Crippen molar-refractivity contribution in [2.75, 3.05) is 48.5 Å². The summed E-state index contributed by atoms with van der Waals surface area (Å²) in [4.78, 5) is 52.1. The summed E-state index contributed by atoms with van der Waals surface area (Å²) in [6.45, 7) is 12.0. The SMILES string of the molecule is COc1ccc2c(c1)[C@]1(C[C@H]1c1ccc3c(Nc4cc(N5CCOCC5)nc(C(C)C)n4)nn(C(=O)OC(C)(C)C)c3c1)C(=O)N2C(=O)O. The maximum absolute atomic E-state index is 13.8. The van der Waals surface area contributed by atoms with Gasteiger partial charge in [-0.2, -0.15) is 4.68 Å². The van der Waals surface area contributed by atoms with E-state index in [1.54, 1.807) is 39.0 Å². The van der Waals surface area contributed by atoms with Crippen LogP contribution >= 0.6 is 0 Å². The van der Waals surface area contributed by atoms with Gasteiger partial charge in [0.25, 0.3) is 0 Å². The van der Waals surface area contributed by atoms with E-state index in [9.17, 15) is 19.5 Å². The van der Waals surface area contributed by atoms with Crippen LogP contribution in [0.2, 0.25) is 0 Å². The van der Waals surface area contributed by atoms with Crippen LogP contribution in [0.25, 0.3) is 10.9 Å². The molecule has 3 aliphatic rings. The Morgan fingerprint density at radius 2 is 1.84 bits per heavy atom. The number of amides is 2. The maximum atomic E-state index is 13.8. The van der Waals surface area contributed by atoms with Gasteiger partial charge in [-0.05, 0) is 68.7 Å². The molecule has 1 aliphatic carbocycles. The van der Waals surface area contributed by atoms with Crippen LogP contribution in [0.4, 0.5) is 32.7 Å². The number of fused-ring (bicyclic) bond motifs is 3. The number of ether oxygens (including phenoxy) is 3.